The number of alkyl halides is 2. The minimum absolute atomic E-state index is 0.00142. The predicted octanol–water partition coefficient (Wildman–Crippen LogP) is 4.03. The maximum Gasteiger partial charge on any atom is 0.375 e. The second-order valence-electron chi connectivity index (χ2n) is 8.36. The molecule has 3 aliphatic rings. The van der Waals surface area contributed by atoms with Crippen LogP contribution in [0.15, 0.2) is 72.8 Å². The van der Waals surface area contributed by atoms with Crippen molar-refractivity contribution in [2.24, 2.45) is 17.8 Å². The van der Waals surface area contributed by atoms with Crippen LogP contribution in [0.25, 0.3) is 11.1 Å². The fourth-order valence-corrected chi connectivity index (χ4v) is 5.90. The third-order valence-electron chi connectivity index (χ3n) is 6.39. The molecule has 2 amide bonds. The lowest BCUT2D eigenvalue weighted by Gasteiger charge is -2.28. The maximum absolute atomic E-state index is 15.1. The highest BCUT2D eigenvalue weighted by atomic mass is 32.2. The minimum Gasteiger partial charge on any atom is -0.266 e. The van der Waals surface area contributed by atoms with Crippen molar-refractivity contribution >= 4 is 33.1 Å². The van der Waals surface area contributed by atoms with Gasteiger partial charge >= 0.3 is 15.4 Å². The molecule has 2 unspecified atom stereocenters. The number of hydrogen-bond acceptors (Lipinski definition) is 5. The molecule has 1 saturated carbocycles. The molecule has 1 fully saturated rings. The van der Waals surface area contributed by atoms with Crippen LogP contribution in [0, 0.1) is 17.8 Å². The molecule has 0 radical (unpaired) electrons. The lowest BCUT2D eigenvalue weighted by molar-refractivity contribution is -0.162. The first-order valence-electron chi connectivity index (χ1n) is 10.4. The monoisotopic (exact) mass is 471 g/mol. The smallest absolute Gasteiger partial charge is 0.266 e. The Hall–Kier alpha value is -3.17. The van der Waals surface area contributed by atoms with E-state index in [0.717, 1.165) is 0 Å². The van der Waals surface area contributed by atoms with E-state index in [1.807, 2.05) is 0 Å². The third kappa shape index (κ3) is 3.43. The van der Waals surface area contributed by atoms with E-state index < -0.39 is 39.0 Å². The highest BCUT2D eigenvalue weighted by molar-refractivity contribution is 7.87. The summed E-state index contributed by atoms with van der Waals surface area (Å²) in [5, 5.41) is -4.32. The molecule has 2 aromatic carbocycles. The zero-order valence-corrected chi connectivity index (χ0v) is 18.0. The van der Waals surface area contributed by atoms with Gasteiger partial charge in [0.25, 0.3) is 11.8 Å². The van der Waals surface area contributed by atoms with E-state index in [4.69, 9.17) is 0 Å². The number of imide groups is 1. The molecule has 1 aliphatic heterocycles. The Morgan fingerprint density at radius 2 is 1.33 bits per heavy atom. The number of benzene rings is 2. The first kappa shape index (κ1) is 21.7. The number of fused-ring (bicyclic) bond motifs is 2. The second-order valence-corrected chi connectivity index (χ2v) is 9.97. The van der Waals surface area contributed by atoms with E-state index in [0.29, 0.717) is 17.5 Å². The standard InChI is InChI=1S/C24H19F2NO5S/c25-24(26,19-14-15-11-12-18(19)13-15)33(30,31)32-27-22(28)20(16-7-3-1-4-8-16)21(23(27)29)17-9-5-2-6-10-17/h1-12,15,18-19H,13-14H2/t15-,18?,19?/m0/s1. The van der Waals surface area contributed by atoms with E-state index in [9.17, 15) is 18.0 Å². The van der Waals surface area contributed by atoms with Gasteiger partial charge in [0.15, 0.2) is 0 Å². The van der Waals surface area contributed by atoms with Gasteiger partial charge in [-0.25, -0.2) is 0 Å². The second kappa shape index (κ2) is 7.71. The minimum atomic E-state index is -5.64. The predicted molar refractivity (Wildman–Crippen MR) is 115 cm³/mol. The summed E-state index contributed by atoms with van der Waals surface area (Å²) in [6, 6.07) is 16.2. The van der Waals surface area contributed by atoms with Gasteiger partial charge in [-0.1, -0.05) is 72.8 Å². The topological polar surface area (TPSA) is 80.8 Å². The van der Waals surface area contributed by atoms with Gasteiger partial charge in [-0.2, -0.15) is 17.2 Å². The number of hydroxylamine groups is 2. The van der Waals surface area contributed by atoms with Crippen LogP contribution in [0.5, 0.6) is 0 Å². The summed E-state index contributed by atoms with van der Waals surface area (Å²) in [6.07, 6.45) is 3.86. The van der Waals surface area contributed by atoms with E-state index in [-0.39, 0.29) is 28.5 Å². The van der Waals surface area contributed by atoms with Crippen molar-refractivity contribution in [2.45, 2.75) is 18.1 Å². The number of halogens is 2. The van der Waals surface area contributed by atoms with Crippen LogP contribution in [-0.4, -0.2) is 30.5 Å². The van der Waals surface area contributed by atoms with Gasteiger partial charge in [0, 0.05) is 5.92 Å². The Labute approximate surface area is 189 Å². The molecule has 6 nitrogen and oxygen atoms in total. The average molecular weight is 471 g/mol. The van der Waals surface area contributed by atoms with Crippen LogP contribution < -0.4 is 0 Å². The van der Waals surface area contributed by atoms with Crippen molar-refractivity contribution in [1.29, 1.82) is 0 Å². The molecule has 33 heavy (non-hydrogen) atoms. The van der Waals surface area contributed by atoms with E-state index >= 15 is 8.78 Å². The molecule has 9 heteroatoms. The van der Waals surface area contributed by atoms with Crippen molar-refractivity contribution in [3.8, 4) is 0 Å². The van der Waals surface area contributed by atoms with Crippen LogP contribution in [0.1, 0.15) is 24.0 Å². The SMILES string of the molecule is O=C1C(c2ccccc2)=C(c2ccccc2)C(=O)N1OS(=O)(=O)C(F)(F)C1C[C@H]2C=CC1C2. The third-order valence-corrected chi connectivity index (χ3v) is 7.70. The van der Waals surface area contributed by atoms with Gasteiger partial charge in [0.05, 0.1) is 11.1 Å². The number of rotatable bonds is 6. The summed E-state index contributed by atoms with van der Waals surface area (Å²) in [7, 11) is -5.64. The number of allylic oxidation sites excluding steroid dienone is 2. The first-order chi connectivity index (χ1) is 15.7. The van der Waals surface area contributed by atoms with Crippen molar-refractivity contribution in [3.63, 3.8) is 0 Å². The van der Waals surface area contributed by atoms with E-state index in [2.05, 4.69) is 4.28 Å². The van der Waals surface area contributed by atoms with Crippen LogP contribution in [0.2, 0.25) is 0 Å². The normalized spacial score (nSPS) is 24.9. The zero-order chi connectivity index (χ0) is 23.4. The lowest BCUT2D eigenvalue weighted by Crippen LogP contribution is -2.45. The summed E-state index contributed by atoms with van der Waals surface area (Å²) in [5.41, 5.74) is 0.438. The molecule has 5 rings (SSSR count). The van der Waals surface area contributed by atoms with Crippen molar-refractivity contribution in [1.82, 2.24) is 5.06 Å². The quantitative estimate of drug-likeness (QED) is 0.469. The average Bonchev–Trinajstić information content (AvgIpc) is 3.50. The van der Waals surface area contributed by atoms with E-state index in [1.54, 1.807) is 72.8 Å². The molecule has 2 bridgehead atoms. The highest BCUT2D eigenvalue weighted by Gasteiger charge is 2.61. The van der Waals surface area contributed by atoms with Gasteiger partial charge in [0.1, 0.15) is 0 Å². The summed E-state index contributed by atoms with van der Waals surface area (Å²) in [4.78, 5) is 26.3. The summed E-state index contributed by atoms with van der Waals surface area (Å²) < 4.78 is 60.2. The van der Waals surface area contributed by atoms with Crippen LogP contribution in [0.4, 0.5) is 8.78 Å². The summed E-state index contributed by atoms with van der Waals surface area (Å²) in [5.74, 6) is -4.40. The summed E-state index contributed by atoms with van der Waals surface area (Å²) in [6.45, 7) is 0. The van der Waals surface area contributed by atoms with Gasteiger partial charge < -0.3 is 0 Å². The van der Waals surface area contributed by atoms with Crippen molar-refractivity contribution < 1.29 is 31.1 Å². The van der Waals surface area contributed by atoms with Gasteiger partial charge in [-0.05, 0) is 35.8 Å². The molecule has 2 aliphatic carbocycles. The number of nitrogens with zero attached hydrogens (tertiary/aromatic N) is 1. The first-order valence-corrected chi connectivity index (χ1v) is 11.9. The van der Waals surface area contributed by atoms with Gasteiger partial charge in [0.2, 0.25) is 0 Å². The zero-order valence-electron chi connectivity index (χ0n) is 17.2. The molecule has 0 saturated heterocycles. The van der Waals surface area contributed by atoms with Crippen LogP contribution >= 0.6 is 0 Å². The Balaban J connectivity index is 1.51. The maximum atomic E-state index is 15.1. The Kier molecular flexibility index (Phi) is 5.06. The molecule has 1 heterocycles. The summed E-state index contributed by atoms with van der Waals surface area (Å²) >= 11 is 0. The molecular formula is C24H19F2NO5S. The fourth-order valence-electron chi connectivity index (χ4n) is 4.82. The number of amides is 2. The van der Waals surface area contributed by atoms with Crippen molar-refractivity contribution in [3.05, 3.63) is 83.9 Å². The number of carbonyl (C=O) groups excluding carboxylic acids is 2. The van der Waals surface area contributed by atoms with Gasteiger partial charge in [-0.15, -0.1) is 9.35 Å². The fraction of sp³-hybridized carbons (Fsp3) is 0.250. The van der Waals surface area contributed by atoms with E-state index in [1.165, 1.54) is 0 Å². The molecule has 170 valence electrons. The van der Waals surface area contributed by atoms with Gasteiger partial charge in [-0.3, -0.25) is 9.59 Å². The van der Waals surface area contributed by atoms with Crippen LogP contribution in [-0.2, 0) is 24.0 Å². The Morgan fingerprint density at radius 3 is 1.76 bits per heavy atom. The number of hydrogen-bond donors (Lipinski definition) is 0. The van der Waals surface area contributed by atoms with Crippen molar-refractivity contribution in [2.75, 3.05) is 0 Å². The van der Waals surface area contributed by atoms with Crippen LogP contribution in [0.3, 0.4) is 0 Å². The molecule has 0 N–H and O–H groups in total. The molecule has 2 aromatic rings. The lowest BCUT2D eigenvalue weighted by atomic mass is 9.94. The molecular weight excluding hydrogens is 452 g/mol. The molecule has 0 spiro atoms. The Morgan fingerprint density at radius 1 is 0.818 bits per heavy atom. The Bertz CT molecular complexity index is 1230. The highest BCUT2D eigenvalue weighted by Crippen LogP contribution is 2.52. The largest absolute Gasteiger partial charge is 0.375 e. The molecule has 3 atom stereocenters. The molecule has 0 aromatic heterocycles. The number of carbonyl (C=O) groups is 2.